The number of rotatable bonds is 5. The van der Waals surface area contributed by atoms with Crippen LogP contribution in [0.3, 0.4) is 0 Å². The number of carbonyl (C=O) groups excluding carboxylic acids is 2. The largest absolute Gasteiger partial charge is 0.389 e. The zero-order valence-electron chi connectivity index (χ0n) is 16.7. The molecule has 8 heteroatoms. The monoisotopic (exact) mass is 425 g/mol. The van der Waals surface area contributed by atoms with Crippen LogP contribution in [0.5, 0.6) is 0 Å². The van der Waals surface area contributed by atoms with Gasteiger partial charge in [0.05, 0.1) is 5.92 Å². The summed E-state index contributed by atoms with van der Waals surface area (Å²) in [6.45, 7) is 1.76. The number of benzene rings is 2. The molecule has 4 N–H and O–H groups in total. The van der Waals surface area contributed by atoms with Crippen LogP contribution < -0.4 is 10.6 Å². The molecule has 3 atom stereocenters. The zero-order valence-corrected chi connectivity index (χ0v) is 16.7. The van der Waals surface area contributed by atoms with Gasteiger partial charge in [-0.1, -0.05) is 0 Å². The van der Waals surface area contributed by atoms with E-state index in [-0.39, 0.29) is 18.2 Å². The molecule has 2 aromatic carbocycles. The van der Waals surface area contributed by atoms with Crippen molar-refractivity contribution in [2.45, 2.75) is 25.0 Å². The molecule has 0 saturated carbocycles. The van der Waals surface area contributed by atoms with Gasteiger partial charge < -0.3 is 20.7 Å². The number of aromatic amines is 1. The number of aromatic nitrogens is 1. The van der Waals surface area contributed by atoms with Gasteiger partial charge in [-0.25, -0.2) is 8.78 Å². The number of hydrogen-bond donors (Lipinski definition) is 4. The number of aliphatic hydroxyl groups excluding tert-OH is 1. The second-order valence-corrected chi connectivity index (χ2v) is 7.55. The fourth-order valence-corrected chi connectivity index (χ4v) is 3.64. The Labute approximate surface area is 177 Å². The van der Waals surface area contributed by atoms with E-state index in [0.29, 0.717) is 28.1 Å². The molecule has 31 heavy (non-hydrogen) atoms. The van der Waals surface area contributed by atoms with Crippen molar-refractivity contribution in [1.29, 1.82) is 0 Å². The van der Waals surface area contributed by atoms with Crippen molar-refractivity contribution in [2.24, 2.45) is 0 Å². The summed E-state index contributed by atoms with van der Waals surface area (Å²) in [5.74, 6) is -2.31. The van der Waals surface area contributed by atoms with Crippen molar-refractivity contribution in [3.05, 3.63) is 71.8 Å². The van der Waals surface area contributed by atoms with E-state index in [1.54, 1.807) is 37.3 Å². The van der Waals surface area contributed by atoms with Gasteiger partial charge in [0.25, 0.3) is 0 Å². The van der Waals surface area contributed by atoms with Gasteiger partial charge >= 0.3 is 0 Å². The molecular formula is C23H21F2N3O3. The van der Waals surface area contributed by atoms with E-state index in [1.807, 2.05) is 0 Å². The number of nitrogens with one attached hydrogen (secondary N) is 3. The molecule has 3 aromatic rings. The van der Waals surface area contributed by atoms with Gasteiger partial charge in [0.1, 0.15) is 23.8 Å². The summed E-state index contributed by atoms with van der Waals surface area (Å²) < 4.78 is 26.8. The van der Waals surface area contributed by atoms with E-state index >= 15 is 0 Å². The third-order valence-corrected chi connectivity index (χ3v) is 5.45. The number of halogens is 2. The highest BCUT2D eigenvalue weighted by molar-refractivity contribution is 5.93. The first kappa shape index (κ1) is 20.7. The summed E-state index contributed by atoms with van der Waals surface area (Å²) >= 11 is 0. The molecule has 2 amide bonds. The maximum atomic E-state index is 13.4. The normalized spacial score (nSPS) is 19.2. The molecule has 1 aromatic heterocycles. The van der Waals surface area contributed by atoms with Crippen LogP contribution in [0.25, 0.3) is 22.5 Å². The number of H-pyrrole nitrogens is 1. The molecule has 4 rings (SSSR count). The van der Waals surface area contributed by atoms with Crippen LogP contribution >= 0.6 is 0 Å². The average Bonchev–Trinajstić information content (AvgIpc) is 3.33. The first-order chi connectivity index (χ1) is 14.8. The minimum absolute atomic E-state index is 0.0812. The third-order valence-electron chi connectivity index (χ3n) is 5.45. The quantitative estimate of drug-likeness (QED) is 0.506. The van der Waals surface area contributed by atoms with Crippen LogP contribution in [0.4, 0.5) is 8.78 Å². The van der Waals surface area contributed by atoms with E-state index in [0.717, 1.165) is 0 Å². The Kier molecular flexibility index (Phi) is 5.56. The van der Waals surface area contributed by atoms with Gasteiger partial charge in [-0.05, 0) is 78.2 Å². The molecule has 1 fully saturated rings. The second-order valence-electron chi connectivity index (χ2n) is 7.55. The van der Waals surface area contributed by atoms with Gasteiger partial charge in [-0.3, -0.25) is 9.59 Å². The maximum absolute atomic E-state index is 13.4. The molecule has 1 aliphatic rings. The Bertz CT molecular complexity index is 1110. The van der Waals surface area contributed by atoms with Crippen LogP contribution in [0.15, 0.2) is 54.6 Å². The highest BCUT2D eigenvalue weighted by Crippen LogP contribution is 2.34. The molecule has 160 valence electrons. The van der Waals surface area contributed by atoms with Crippen molar-refractivity contribution in [2.75, 3.05) is 6.54 Å². The Morgan fingerprint density at radius 1 is 1.06 bits per heavy atom. The van der Waals surface area contributed by atoms with Gasteiger partial charge in [-0.2, -0.15) is 0 Å². The average molecular weight is 425 g/mol. The number of carbonyl (C=O) groups is 2. The summed E-state index contributed by atoms with van der Waals surface area (Å²) in [4.78, 5) is 28.0. The van der Waals surface area contributed by atoms with Crippen molar-refractivity contribution < 1.29 is 23.5 Å². The highest BCUT2D eigenvalue weighted by Gasteiger charge is 2.36. The van der Waals surface area contributed by atoms with Gasteiger partial charge in [0, 0.05) is 17.9 Å². The standard InChI is InChI=1S/C23H21F2N3O3/c1-12(22(30)28-21-19(29)11-26-23(21)31)17-10-18(13-2-6-15(24)7-3-13)27-20(17)14-4-8-16(25)9-5-14/h2-10,12,19,21,27,29H,11H2,1H3,(H,26,31)(H,28,30)/t12?,19-,21+/m0/s1. The van der Waals surface area contributed by atoms with Crippen LogP contribution in [-0.2, 0) is 9.59 Å². The number of hydrogen-bond acceptors (Lipinski definition) is 3. The summed E-state index contributed by atoms with van der Waals surface area (Å²) in [7, 11) is 0. The predicted molar refractivity (Wildman–Crippen MR) is 111 cm³/mol. The van der Waals surface area contributed by atoms with Gasteiger partial charge in [0.2, 0.25) is 11.8 Å². The van der Waals surface area contributed by atoms with E-state index in [2.05, 4.69) is 15.6 Å². The second kappa shape index (κ2) is 8.31. The lowest BCUT2D eigenvalue weighted by Gasteiger charge is -2.18. The molecule has 2 heterocycles. The topological polar surface area (TPSA) is 94.2 Å². The molecule has 1 saturated heterocycles. The van der Waals surface area contributed by atoms with Crippen LogP contribution in [0.2, 0.25) is 0 Å². The van der Waals surface area contributed by atoms with Crippen molar-refractivity contribution in [3.63, 3.8) is 0 Å². The van der Waals surface area contributed by atoms with Crippen molar-refractivity contribution in [3.8, 4) is 22.5 Å². The third kappa shape index (κ3) is 4.20. The smallest absolute Gasteiger partial charge is 0.245 e. The number of β-amino-alcohol motifs (C(OH)–C–C–N with tert-alkyl or cyclic N) is 1. The fourth-order valence-electron chi connectivity index (χ4n) is 3.64. The molecule has 6 nitrogen and oxygen atoms in total. The fraction of sp³-hybridized carbons (Fsp3) is 0.217. The molecule has 0 spiro atoms. The van der Waals surface area contributed by atoms with Gasteiger partial charge in [-0.15, -0.1) is 0 Å². The van der Waals surface area contributed by atoms with E-state index in [9.17, 15) is 23.5 Å². The van der Waals surface area contributed by atoms with Gasteiger partial charge in [0.15, 0.2) is 0 Å². The lowest BCUT2D eigenvalue weighted by Crippen LogP contribution is -2.46. The lowest BCUT2D eigenvalue weighted by molar-refractivity contribution is -0.129. The van der Waals surface area contributed by atoms with Crippen molar-refractivity contribution in [1.82, 2.24) is 15.6 Å². The van der Waals surface area contributed by atoms with Crippen LogP contribution in [0.1, 0.15) is 18.4 Å². The minimum atomic E-state index is -1.01. The van der Waals surface area contributed by atoms with Crippen molar-refractivity contribution >= 4 is 11.8 Å². The lowest BCUT2D eigenvalue weighted by atomic mass is 9.96. The Morgan fingerprint density at radius 2 is 1.65 bits per heavy atom. The number of amides is 2. The Hall–Kier alpha value is -3.52. The van der Waals surface area contributed by atoms with E-state index in [4.69, 9.17) is 0 Å². The summed E-state index contributed by atoms with van der Waals surface area (Å²) in [6, 6.07) is 12.5. The Morgan fingerprint density at radius 3 is 2.19 bits per heavy atom. The zero-order chi connectivity index (χ0) is 22.1. The first-order valence-electron chi connectivity index (χ1n) is 9.84. The minimum Gasteiger partial charge on any atom is -0.389 e. The van der Waals surface area contributed by atoms with Crippen LogP contribution in [-0.4, -0.2) is 40.6 Å². The molecule has 0 radical (unpaired) electrons. The SMILES string of the molecule is CC(C(=O)N[C@H]1C(=O)NC[C@@H]1O)c1cc(-c2ccc(F)cc2)[nH]c1-c1ccc(F)cc1. The molecular weight excluding hydrogens is 404 g/mol. The summed E-state index contributed by atoms with van der Waals surface area (Å²) in [5.41, 5.74) is 3.28. The summed E-state index contributed by atoms with van der Waals surface area (Å²) in [5, 5.41) is 15.0. The molecule has 1 unspecified atom stereocenters. The first-order valence-corrected chi connectivity index (χ1v) is 9.84. The van der Waals surface area contributed by atoms with E-state index in [1.165, 1.54) is 24.3 Å². The number of aliphatic hydroxyl groups is 1. The predicted octanol–water partition coefficient (Wildman–Crippen LogP) is 2.71. The molecule has 0 aliphatic carbocycles. The molecule has 0 bridgehead atoms. The molecule has 1 aliphatic heterocycles. The summed E-state index contributed by atoms with van der Waals surface area (Å²) in [6.07, 6.45) is -0.999. The van der Waals surface area contributed by atoms with Crippen LogP contribution in [0, 0.1) is 11.6 Å². The Balaban J connectivity index is 1.70. The van der Waals surface area contributed by atoms with E-state index < -0.39 is 29.9 Å². The maximum Gasteiger partial charge on any atom is 0.245 e. The highest BCUT2D eigenvalue weighted by atomic mass is 19.1.